The Morgan fingerprint density at radius 1 is 1.12 bits per heavy atom. The van der Waals surface area contributed by atoms with E-state index in [4.69, 9.17) is 10.2 Å². The zero-order valence-electron chi connectivity index (χ0n) is 17.3. The van der Waals surface area contributed by atoms with E-state index in [1.165, 1.54) is 24.4 Å². The summed E-state index contributed by atoms with van der Waals surface area (Å²) in [5, 5.41) is 5.91. The maximum Gasteiger partial charge on any atom is 0.302 e. The first kappa shape index (κ1) is 21.6. The molecule has 0 atom stereocenters. The highest BCUT2D eigenvalue weighted by Crippen LogP contribution is 2.24. The molecule has 0 fully saturated rings. The third kappa shape index (κ3) is 4.66. The first-order chi connectivity index (χ1) is 15.4. The van der Waals surface area contributed by atoms with Gasteiger partial charge in [-0.05, 0) is 49.7 Å². The molecule has 4 aromatic rings. The van der Waals surface area contributed by atoms with E-state index in [1.54, 1.807) is 19.1 Å². The maximum atomic E-state index is 14.6. The Hall–Kier alpha value is -3.63. The van der Waals surface area contributed by atoms with Crippen LogP contribution in [0.4, 0.5) is 20.7 Å². The monoisotopic (exact) mass is 440 g/mol. The minimum Gasteiger partial charge on any atom is -0.423 e. The smallest absolute Gasteiger partial charge is 0.302 e. The van der Waals surface area contributed by atoms with Crippen molar-refractivity contribution in [2.24, 2.45) is 5.73 Å². The van der Waals surface area contributed by atoms with Crippen LogP contribution in [-0.4, -0.2) is 28.0 Å². The third-order valence-corrected chi connectivity index (χ3v) is 4.90. The fraction of sp³-hybridized carbons (Fsp3) is 0.227. The largest absolute Gasteiger partial charge is 0.423 e. The molecule has 0 aliphatic heterocycles. The fourth-order valence-electron chi connectivity index (χ4n) is 3.20. The first-order valence-corrected chi connectivity index (χ1v) is 10.1. The van der Waals surface area contributed by atoms with Crippen LogP contribution >= 0.6 is 0 Å². The van der Waals surface area contributed by atoms with E-state index in [0.29, 0.717) is 29.8 Å². The summed E-state index contributed by atoms with van der Waals surface area (Å²) in [6, 6.07) is 7.51. The molecule has 0 saturated heterocycles. The predicted octanol–water partition coefficient (Wildman–Crippen LogP) is 3.35. The van der Waals surface area contributed by atoms with Gasteiger partial charge in [0.25, 0.3) is 5.56 Å². The van der Waals surface area contributed by atoms with Crippen molar-refractivity contribution in [1.29, 1.82) is 0 Å². The molecular weight excluding hydrogens is 418 g/mol. The molecule has 4 rings (SSSR count). The molecule has 10 heteroatoms. The van der Waals surface area contributed by atoms with Gasteiger partial charge in [-0.1, -0.05) is 12.1 Å². The molecule has 166 valence electrons. The molecular formula is C22H22F2N6O2. The van der Waals surface area contributed by atoms with Crippen molar-refractivity contribution >= 4 is 23.1 Å². The molecule has 0 aliphatic rings. The lowest BCUT2D eigenvalue weighted by Crippen LogP contribution is -2.18. The second-order valence-corrected chi connectivity index (χ2v) is 7.31. The van der Waals surface area contributed by atoms with Gasteiger partial charge in [0, 0.05) is 24.4 Å². The SMILES string of the molecule is Cc1cc2oc(Nc3nc(=O)c(-c4ccc(CNCCCN)cc4F)c[nH]3)nc2cc1F. The quantitative estimate of drug-likeness (QED) is 0.310. The number of aromatic amines is 1. The molecule has 0 spiro atoms. The number of oxazole rings is 1. The van der Waals surface area contributed by atoms with Crippen LogP contribution in [0.1, 0.15) is 17.5 Å². The van der Waals surface area contributed by atoms with Crippen LogP contribution in [0.15, 0.2) is 45.7 Å². The fourth-order valence-corrected chi connectivity index (χ4v) is 3.20. The number of nitrogens with two attached hydrogens (primary N) is 1. The number of nitrogens with one attached hydrogen (secondary N) is 3. The van der Waals surface area contributed by atoms with Gasteiger partial charge in [-0.15, -0.1) is 0 Å². The number of benzene rings is 2. The van der Waals surface area contributed by atoms with Gasteiger partial charge in [0.05, 0.1) is 5.56 Å². The van der Waals surface area contributed by atoms with Crippen LogP contribution in [0.2, 0.25) is 0 Å². The van der Waals surface area contributed by atoms with Gasteiger partial charge in [-0.3, -0.25) is 10.1 Å². The highest BCUT2D eigenvalue weighted by atomic mass is 19.1. The second kappa shape index (κ2) is 9.25. The number of hydrogen-bond donors (Lipinski definition) is 4. The average Bonchev–Trinajstić information content (AvgIpc) is 3.13. The summed E-state index contributed by atoms with van der Waals surface area (Å²) in [4.78, 5) is 23.3. The average molecular weight is 440 g/mol. The Balaban J connectivity index is 1.51. The molecule has 32 heavy (non-hydrogen) atoms. The van der Waals surface area contributed by atoms with Crippen LogP contribution in [0.5, 0.6) is 0 Å². The van der Waals surface area contributed by atoms with Crippen LogP contribution in [-0.2, 0) is 6.54 Å². The van der Waals surface area contributed by atoms with E-state index in [0.717, 1.165) is 18.5 Å². The normalized spacial score (nSPS) is 11.2. The molecule has 2 aromatic heterocycles. The van der Waals surface area contributed by atoms with Crippen LogP contribution < -0.4 is 21.9 Å². The summed E-state index contributed by atoms with van der Waals surface area (Å²) in [6.07, 6.45) is 2.20. The van der Waals surface area contributed by atoms with Gasteiger partial charge < -0.3 is 20.5 Å². The van der Waals surface area contributed by atoms with Crippen LogP contribution in [0.25, 0.3) is 22.2 Å². The summed E-state index contributed by atoms with van der Waals surface area (Å²) in [7, 11) is 0. The lowest BCUT2D eigenvalue weighted by Gasteiger charge is -2.08. The number of fused-ring (bicyclic) bond motifs is 1. The van der Waals surface area contributed by atoms with Crippen molar-refractivity contribution in [3.8, 4) is 11.1 Å². The Bertz CT molecular complexity index is 1280. The standard InChI is InChI=1S/C22H22F2N6O2/c1-12-7-19-18(9-16(12)23)28-22(32-19)30-21-27-11-15(20(31)29-21)14-4-3-13(8-17(14)24)10-26-6-2-5-25/h3-4,7-9,11,26H,2,5-6,10,25H2,1H3,(H2,27,28,29,30,31). The Morgan fingerprint density at radius 2 is 1.97 bits per heavy atom. The molecule has 0 unspecified atom stereocenters. The van der Waals surface area contributed by atoms with Crippen molar-refractivity contribution in [3.63, 3.8) is 0 Å². The third-order valence-electron chi connectivity index (χ3n) is 4.90. The minimum absolute atomic E-state index is 0.0403. The van der Waals surface area contributed by atoms with E-state index in [-0.39, 0.29) is 23.1 Å². The second-order valence-electron chi connectivity index (χ2n) is 7.31. The molecule has 2 heterocycles. The van der Waals surface area contributed by atoms with E-state index in [1.807, 2.05) is 0 Å². The molecule has 0 aliphatic carbocycles. The van der Waals surface area contributed by atoms with Crippen molar-refractivity contribution in [1.82, 2.24) is 20.3 Å². The number of rotatable bonds is 8. The Labute approximate surface area is 181 Å². The molecule has 5 N–H and O–H groups in total. The summed E-state index contributed by atoms with van der Waals surface area (Å²) in [5.74, 6) is -0.858. The number of H-pyrrole nitrogens is 1. The summed E-state index contributed by atoms with van der Waals surface area (Å²) in [5.41, 5.74) is 6.96. The van der Waals surface area contributed by atoms with E-state index in [2.05, 4.69) is 25.6 Å². The van der Waals surface area contributed by atoms with Gasteiger partial charge in [-0.25, -0.2) is 8.78 Å². The van der Waals surface area contributed by atoms with Crippen LogP contribution in [0, 0.1) is 18.6 Å². The Kier molecular flexibility index (Phi) is 6.24. The highest BCUT2D eigenvalue weighted by Gasteiger charge is 2.14. The van der Waals surface area contributed by atoms with Crippen molar-refractivity contribution < 1.29 is 13.2 Å². The van der Waals surface area contributed by atoms with E-state index >= 15 is 0 Å². The van der Waals surface area contributed by atoms with Gasteiger partial charge in [0.15, 0.2) is 5.58 Å². The van der Waals surface area contributed by atoms with E-state index in [9.17, 15) is 13.6 Å². The van der Waals surface area contributed by atoms with Gasteiger partial charge in [-0.2, -0.15) is 9.97 Å². The number of halogens is 2. The zero-order valence-corrected chi connectivity index (χ0v) is 17.3. The first-order valence-electron chi connectivity index (χ1n) is 10.1. The van der Waals surface area contributed by atoms with E-state index < -0.39 is 17.2 Å². The molecule has 0 radical (unpaired) electrons. The topological polar surface area (TPSA) is 122 Å². The number of nitrogens with zero attached hydrogens (tertiary/aromatic N) is 2. The molecule has 0 bridgehead atoms. The lowest BCUT2D eigenvalue weighted by molar-refractivity contribution is 0.610. The highest BCUT2D eigenvalue weighted by molar-refractivity contribution is 5.76. The predicted molar refractivity (Wildman–Crippen MR) is 118 cm³/mol. The number of hydrogen-bond acceptors (Lipinski definition) is 7. The van der Waals surface area contributed by atoms with Crippen molar-refractivity contribution in [2.45, 2.75) is 19.9 Å². The summed E-state index contributed by atoms with van der Waals surface area (Å²) in [6.45, 7) is 3.45. The van der Waals surface area contributed by atoms with Gasteiger partial charge in [0.1, 0.15) is 17.2 Å². The zero-order chi connectivity index (χ0) is 22.7. The molecule has 2 aromatic carbocycles. The molecule has 0 amide bonds. The van der Waals surface area contributed by atoms with Crippen LogP contribution in [0.3, 0.4) is 0 Å². The maximum absolute atomic E-state index is 14.6. The molecule has 8 nitrogen and oxygen atoms in total. The number of aromatic nitrogens is 3. The van der Waals surface area contributed by atoms with Crippen molar-refractivity contribution in [3.05, 3.63) is 69.6 Å². The van der Waals surface area contributed by atoms with Gasteiger partial charge >= 0.3 is 6.01 Å². The minimum atomic E-state index is -0.628. The number of anilines is 2. The summed E-state index contributed by atoms with van der Waals surface area (Å²) >= 11 is 0. The van der Waals surface area contributed by atoms with Gasteiger partial charge in [0.2, 0.25) is 5.95 Å². The summed E-state index contributed by atoms with van der Waals surface area (Å²) < 4.78 is 33.8. The molecule has 0 saturated carbocycles. The van der Waals surface area contributed by atoms with Crippen molar-refractivity contribution in [2.75, 3.05) is 18.4 Å². The lowest BCUT2D eigenvalue weighted by atomic mass is 10.1. The Morgan fingerprint density at radius 3 is 2.72 bits per heavy atom. The number of aryl methyl sites for hydroxylation is 1.